The van der Waals surface area contributed by atoms with Gasteiger partial charge in [-0.2, -0.15) is 5.26 Å². The van der Waals surface area contributed by atoms with E-state index in [1.165, 1.54) is 11.8 Å². The van der Waals surface area contributed by atoms with Gasteiger partial charge < -0.3 is 9.64 Å². The summed E-state index contributed by atoms with van der Waals surface area (Å²) in [6.07, 6.45) is 0.247. The number of rotatable bonds is 8. The molecule has 0 aliphatic carbocycles. The quantitative estimate of drug-likeness (QED) is 0.515. The number of anilines is 1. The zero-order chi connectivity index (χ0) is 21.5. The van der Waals surface area contributed by atoms with Crippen LogP contribution in [0.1, 0.15) is 13.3 Å². The first-order valence-corrected chi connectivity index (χ1v) is 10.5. The normalized spacial score (nSPS) is 11.5. The van der Waals surface area contributed by atoms with Crippen LogP contribution in [0.5, 0.6) is 5.75 Å². The summed E-state index contributed by atoms with van der Waals surface area (Å²) in [5.41, 5.74) is 1.44. The summed E-state index contributed by atoms with van der Waals surface area (Å²) in [5, 5.41) is 16.6. The van der Waals surface area contributed by atoms with Crippen molar-refractivity contribution in [3.63, 3.8) is 0 Å². The predicted octanol–water partition coefficient (Wildman–Crippen LogP) is 4.56. The van der Waals surface area contributed by atoms with Crippen LogP contribution in [0.2, 0.25) is 5.02 Å². The number of hydrogen-bond acceptors (Lipinski definition) is 6. The Kier molecular flexibility index (Phi) is 7.33. The molecule has 1 atom stereocenters. The number of benzene rings is 2. The highest BCUT2D eigenvalue weighted by molar-refractivity contribution is 8.00. The number of nitriles is 1. The molecule has 9 heteroatoms. The van der Waals surface area contributed by atoms with E-state index in [0.717, 1.165) is 5.69 Å². The fourth-order valence-electron chi connectivity index (χ4n) is 2.85. The van der Waals surface area contributed by atoms with Crippen molar-refractivity contribution in [3.8, 4) is 23.2 Å². The molecule has 1 N–H and O–H groups in total. The van der Waals surface area contributed by atoms with E-state index in [4.69, 9.17) is 21.6 Å². The van der Waals surface area contributed by atoms with Crippen LogP contribution in [0.15, 0.2) is 53.7 Å². The Labute approximate surface area is 184 Å². The third-order valence-corrected chi connectivity index (χ3v) is 5.48. The average molecular weight is 442 g/mol. The number of H-pyrrole nitrogens is 1. The molecular formula is C21H20ClN5O2S. The fraction of sp³-hybridized carbons (Fsp3) is 0.238. The van der Waals surface area contributed by atoms with Crippen molar-refractivity contribution in [3.05, 3.63) is 53.6 Å². The van der Waals surface area contributed by atoms with Gasteiger partial charge in [-0.25, -0.2) is 4.98 Å². The van der Waals surface area contributed by atoms with E-state index in [1.807, 2.05) is 30.3 Å². The SMILES string of the molecule is COc1ccc(Cl)cc1-c1nc(SC(C)C(=O)N(CCC#N)c2ccccc2)n[nH]1. The van der Waals surface area contributed by atoms with Crippen molar-refractivity contribution in [2.75, 3.05) is 18.6 Å². The first-order chi connectivity index (χ1) is 14.5. The van der Waals surface area contributed by atoms with Gasteiger partial charge in [-0.15, -0.1) is 5.10 Å². The largest absolute Gasteiger partial charge is 0.496 e. The van der Waals surface area contributed by atoms with Gasteiger partial charge in [-0.1, -0.05) is 41.6 Å². The molecule has 0 aliphatic heterocycles. The Hall–Kier alpha value is -3.02. The number of carbonyl (C=O) groups is 1. The van der Waals surface area contributed by atoms with E-state index in [1.54, 1.807) is 37.1 Å². The molecule has 7 nitrogen and oxygen atoms in total. The summed E-state index contributed by atoms with van der Waals surface area (Å²) in [5.74, 6) is 0.997. The Morgan fingerprint density at radius 3 is 2.80 bits per heavy atom. The first-order valence-electron chi connectivity index (χ1n) is 9.20. The molecule has 1 aromatic heterocycles. The zero-order valence-electron chi connectivity index (χ0n) is 16.5. The van der Waals surface area contributed by atoms with Gasteiger partial charge >= 0.3 is 0 Å². The van der Waals surface area contributed by atoms with Crippen LogP contribution in [0, 0.1) is 11.3 Å². The van der Waals surface area contributed by atoms with Crippen LogP contribution in [0.3, 0.4) is 0 Å². The lowest BCUT2D eigenvalue weighted by molar-refractivity contribution is -0.117. The Morgan fingerprint density at radius 1 is 1.33 bits per heavy atom. The fourth-order valence-corrected chi connectivity index (χ4v) is 3.81. The second kappa shape index (κ2) is 10.1. The number of aromatic amines is 1. The van der Waals surface area contributed by atoms with E-state index in [-0.39, 0.29) is 12.3 Å². The van der Waals surface area contributed by atoms with Crippen LogP contribution in [0.25, 0.3) is 11.4 Å². The molecular weight excluding hydrogens is 422 g/mol. The maximum absolute atomic E-state index is 13.1. The Morgan fingerprint density at radius 2 is 2.10 bits per heavy atom. The van der Waals surface area contributed by atoms with Crippen molar-refractivity contribution < 1.29 is 9.53 Å². The van der Waals surface area contributed by atoms with Gasteiger partial charge in [0.2, 0.25) is 11.1 Å². The standard InChI is InChI=1S/C21H20ClN5O2S/c1-14(20(28)27(12-6-11-23)16-7-4-3-5-8-16)30-21-24-19(25-26-21)17-13-15(22)9-10-18(17)29-2/h3-5,7-10,13-14H,6,12H2,1-2H3,(H,24,25,26). The van der Waals surface area contributed by atoms with Gasteiger partial charge in [-0.05, 0) is 37.3 Å². The van der Waals surface area contributed by atoms with Crippen LogP contribution >= 0.6 is 23.4 Å². The molecule has 3 aromatic rings. The van der Waals surface area contributed by atoms with Crippen LogP contribution < -0.4 is 9.64 Å². The van der Waals surface area contributed by atoms with Crippen molar-refractivity contribution in [2.24, 2.45) is 0 Å². The molecule has 1 amide bonds. The lowest BCUT2D eigenvalue weighted by Gasteiger charge is -2.24. The number of halogens is 1. The second-order valence-corrected chi connectivity index (χ2v) is 8.05. The van der Waals surface area contributed by atoms with Crippen LogP contribution in [-0.2, 0) is 4.79 Å². The molecule has 0 radical (unpaired) electrons. The molecule has 0 aliphatic rings. The molecule has 30 heavy (non-hydrogen) atoms. The van der Waals surface area contributed by atoms with E-state index < -0.39 is 5.25 Å². The maximum Gasteiger partial charge on any atom is 0.240 e. The average Bonchev–Trinajstić information content (AvgIpc) is 3.23. The second-order valence-electron chi connectivity index (χ2n) is 6.30. The van der Waals surface area contributed by atoms with E-state index in [9.17, 15) is 4.79 Å². The van der Waals surface area contributed by atoms with Crippen molar-refractivity contribution in [2.45, 2.75) is 23.8 Å². The maximum atomic E-state index is 13.1. The minimum atomic E-state index is -0.450. The predicted molar refractivity (Wildman–Crippen MR) is 118 cm³/mol. The van der Waals surface area contributed by atoms with Gasteiger partial charge in [0.05, 0.1) is 30.4 Å². The summed E-state index contributed by atoms with van der Waals surface area (Å²) >= 11 is 7.34. The van der Waals surface area contributed by atoms with Crippen LogP contribution in [-0.4, -0.2) is 40.0 Å². The molecule has 3 rings (SSSR count). The highest BCUT2D eigenvalue weighted by atomic mass is 35.5. The smallest absolute Gasteiger partial charge is 0.240 e. The molecule has 0 spiro atoms. The summed E-state index contributed by atoms with van der Waals surface area (Å²) in [4.78, 5) is 19.2. The lowest BCUT2D eigenvalue weighted by Crippen LogP contribution is -2.37. The number of methoxy groups -OCH3 is 1. The number of amides is 1. The third-order valence-electron chi connectivity index (χ3n) is 4.29. The molecule has 2 aromatic carbocycles. The van der Waals surface area contributed by atoms with E-state index in [2.05, 4.69) is 21.3 Å². The number of para-hydroxylation sites is 1. The summed E-state index contributed by atoms with van der Waals surface area (Å²) in [6.45, 7) is 2.12. The molecule has 0 saturated heterocycles. The van der Waals surface area contributed by atoms with Gasteiger partial charge in [0.15, 0.2) is 5.82 Å². The lowest BCUT2D eigenvalue weighted by atomic mass is 10.2. The van der Waals surface area contributed by atoms with Crippen molar-refractivity contribution in [1.29, 1.82) is 5.26 Å². The van der Waals surface area contributed by atoms with E-state index >= 15 is 0 Å². The minimum absolute atomic E-state index is 0.117. The Bertz CT molecular complexity index is 1050. The van der Waals surface area contributed by atoms with Gasteiger partial charge in [0.1, 0.15) is 5.75 Å². The van der Waals surface area contributed by atoms with Crippen molar-refractivity contribution in [1.82, 2.24) is 15.2 Å². The number of hydrogen-bond donors (Lipinski definition) is 1. The molecule has 0 saturated carbocycles. The monoisotopic (exact) mass is 441 g/mol. The summed E-state index contributed by atoms with van der Waals surface area (Å²) in [7, 11) is 1.57. The number of aromatic nitrogens is 3. The summed E-state index contributed by atoms with van der Waals surface area (Å²) < 4.78 is 5.36. The van der Waals surface area contributed by atoms with E-state index in [0.29, 0.717) is 33.9 Å². The molecule has 1 heterocycles. The topological polar surface area (TPSA) is 94.9 Å². The van der Waals surface area contributed by atoms with Crippen LogP contribution in [0.4, 0.5) is 5.69 Å². The number of nitrogens with zero attached hydrogens (tertiary/aromatic N) is 4. The third kappa shape index (κ3) is 5.12. The molecule has 1 unspecified atom stereocenters. The minimum Gasteiger partial charge on any atom is -0.496 e. The van der Waals surface area contributed by atoms with Gasteiger partial charge in [-0.3, -0.25) is 9.89 Å². The number of ether oxygens (including phenoxy) is 1. The number of thioether (sulfide) groups is 1. The van der Waals surface area contributed by atoms with Gasteiger partial charge in [0, 0.05) is 17.3 Å². The Balaban J connectivity index is 1.77. The number of carbonyl (C=O) groups excluding carboxylic acids is 1. The van der Waals surface area contributed by atoms with Crippen molar-refractivity contribution >= 4 is 35.0 Å². The molecule has 0 bridgehead atoms. The zero-order valence-corrected chi connectivity index (χ0v) is 18.1. The highest BCUT2D eigenvalue weighted by Gasteiger charge is 2.24. The first kappa shape index (κ1) is 21.7. The molecule has 154 valence electrons. The number of nitrogens with one attached hydrogen (secondary N) is 1. The van der Waals surface area contributed by atoms with Gasteiger partial charge in [0.25, 0.3) is 0 Å². The highest BCUT2D eigenvalue weighted by Crippen LogP contribution is 2.32. The molecule has 0 fully saturated rings. The summed E-state index contributed by atoms with van der Waals surface area (Å²) in [6, 6.07) is 16.6.